The highest BCUT2D eigenvalue weighted by Crippen LogP contribution is 2.51. The maximum atomic E-state index is 13.6. The zero-order chi connectivity index (χ0) is 76.9. The second-order valence-electron chi connectivity index (χ2n) is 27.6. The molecule has 2 aromatic rings. The summed E-state index contributed by atoms with van der Waals surface area (Å²) < 4.78 is 53.8. The van der Waals surface area contributed by atoms with Gasteiger partial charge in [0, 0.05) is 43.2 Å². The fraction of sp³-hybridized carbons (Fsp3) is 0.794. The first-order chi connectivity index (χ1) is 50.1. The number of benzene rings is 1. The van der Waals surface area contributed by atoms with E-state index in [0.717, 1.165) is 46.0 Å². The first-order valence-corrected chi connectivity index (χ1v) is 36.3. The summed E-state index contributed by atoms with van der Waals surface area (Å²) in [6.45, 7) is -2.01. The standard InChI is InChI=1S/C68H109ClN6O30/c1-4-5-6-7-8-9-10-11-12-13-14-15-16-17-18-19-47(87)72-39(40(84)24-25-46-73-62(75-74-46)36-20-22-37(69)23-21-36)32-97-63(95)60(94)68(96)38(27-76)61(68)103-66-55(93)59(105-67(33-81)26-41(85)48(70-34(2)82)58(104-67)50(88)42(86)28-77)56(45(31-80)100-66)101-64-49(71-35(3)83)57(52(90)44(30-79)98-64)102-65-54(92)53(91)51(89)43(29-78)99-65/h20-25,33,38-45,48-61,63-66,76-80,84-86,88-96H,4-19,26-32H2,1-3H3,(H,70,82)(H,71,83)(H,72,87)(H,73,74,75)/b25-24+/t38?,39-,40+,41?,42+,43?,44?,45?,48+,49?,50+,51-,52-,53?,54?,55?,56-,57?,58?,59?,60?,61+,63-,64-,65-,66-,67-,68?/m0/s1. The van der Waals surface area contributed by atoms with Crippen LogP contribution in [-0.4, -0.2) is 330 Å². The molecule has 21 N–H and O–H groups in total. The molecule has 0 spiro atoms. The topological polar surface area (TPSA) is 573 Å². The van der Waals surface area contributed by atoms with Crippen molar-refractivity contribution in [1.82, 2.24) is 31.1 Å². The SMILES string of the molecule is CCCCCCCCCCCCCCCCCC(=O)N[C@@H](CO[C@H](O)C(O)C1(O)C(CO)[C@H]1O[C@@H]1OC(CO)[C@H](O[C@@H]2OC(CO)[C@H](O)C(O[C@@H]3OC(CO)[C@H](O)C(O)C3O)C2NC(C)=O)C(O[C@]2(C=O)CC(O)[C@@H](NC(C)=O)C([C@H](O)[C@H](O)CO)O2)C1O)[C@H](O)/C=C/c1nnc(-c2ccc(Cl)cc2)[nH]1. The normalized spacial score (nSPS) is 34.6. The summed E-state index contributed by atoms with van der Waals surface area (Å²) in [5.74, 6) is -6.28. The van der Waals surface area contributed by atoms with Crippen molar-refractivity contribution >= 4 is 41.7 Å². The van der Waals surface area contributed by atoms with Crippen LogP contribution in [0.3, 0.4) is 0 Å². The quantitative estimate of drug-likeness (QED) is 0.0169. The van der Waals surface area contributed by atoms with E-state index in [1.807, 2.05) is 0 Å². The monoisotopic (exact) mass is 1520 g/mol. The van der Waals surface area contributed by atoms with Gasteiger partial charge in [0.2, 0.25) is 23.5 Å². The number of hydrogen-bond acceptors (Lipinski definition) is 32. The number of H-pyrrole nitrogens is 1. The van der Waals surface area contributed by atoms with E-state index in [4.69, 9.17) is 54.2 Å². The van der Waals surface area contributed by atoms with Crippen molar-refractivity contribution < 1.29 is 149 Å². The molecule has 4 aliphatic heterocycles. The molecule has 4 saturated heterocycles. The second-order valence-corrected chi connectivity index (χ2v) is 28.0. The Balaban J connectivity index is 1.11. The lowest BCUT2D eigenvalue weighted by Crippen LogP contribution is -2.71. The average molecular weight is 1530 g/mol. The number of carbonyl (C=O) groups excluding carboxylic acids is 4. The molecule has 37 heteroatoms. The minimum absolute atomic E-state index is 0.0394. The maximum Gasteiger partial charge on any atom is 0.229 e. The zero-order valence-electron chi connectivity index (χ0n) is 59.0. The number of aliphatic hydroxyl groups is 17. The van der Waals surface area contributed by atoms with E-state index >= 15 is 0 Å². The smallest absolute Gasteiger partial charge is 0.229 e. The number of aromatic amines is 1. The Bertz CT molecular complexity index is 2970. The Morgan fingerprint density at radius 2 is 1.22 bits per heavy atom. The molecule has 598 valence electrons. The van der Waals surface area contributed by atoms with Crippen molar-refractivity contribution in [2.24, 2.45) is 5.92 Å². The van der Waals surface area contributed by atoms with Gasteiger partial charge in [-0.1, -0.05) is 114 Å². The molecule has 1 aliphatic carbocycles. The Morgan fingerprint density at radius 3 is 1.79 bits per heavy atom. The molecule has 7 rings (SSSR count). The van der Waals surface area contributed by atoms with E-state index in [9.17, 15) is 106 Å². The summed E-state index contributed by atoms with van der Waals surface area (Å²) in [6, 6.07) is 1.80. The van der Waals surface area contributed by atoms with Gasteiger partial charge >= 0.3 is 0 Å². The average Bonchev–Trinajstić information content (AvgIpc) is 1.55. The number of nitrogens with zero attached hydrogens (tertiary/aromatic N) is 2. The summed E-state index contributed by atoms with van der Waals surface area (Å²) in [4.78, 5) is 55.7. The largest absolute Gasteiger partial charge is 0.396 e. The van der Waals surface area contributed by atoms with Crippen LogP contribution in [0.15, 0.2) is 30.3 Å². The highest BCUT2D eigenvalue weighted by molar-refractivity contribution is 6.30. The van der Waals surface area contributed by atoms with Crippen LogP contribution in [-0.2, 0) is 61.8 Å². The maximum absolute atomic E-state index is 13.6. The Labute approximate surface area is 611 Å². The zero-order valence-corrected chi connectivity index (χ0v) is 59.8. The minimum Gasteiger partial charge on any atom is -0.396 e. The molecule has 14 unspecified atom stereocenters. The highest BCUT2D eigenvalue weighted by Gasteiger charge is 2.72. The number of nitrogens with one attached hydrogen (secondary N) is 4. The molecule has 5 fully saturated rings. The molecule has 1 aromatic heterocycles. The summed E-state index contributed by atoms with van der Waals surface area (Å²) in [7, 11) is 0. The van der Waals surface area contributed by atoms with Gasteiger partial charge in [0.25, 0.3) is 0 Å². The molecule has 5 aliphatic rings. The van der Waals surface area contributed by atoms with Crippen LogP contribution in [0, 0.1) is 5.92 Å². The summed E-state index contributed by atoms with van der Waals surface area (Å²) in [6.07, 6.45) is -27.5. The number of rotatable bonds is 44. The van der Waals surface area contributed by atoms with Crippen molar-refractivity contribution in [2.75, 3.05) is 39.6 Å². The predicted molar refractivity (Wildman–Crippen MR) is 362 cm³/mol. The van der Waals surface area contributed by atoms with E-state index in [1.54, 1.807) is 24.3 Å². The molecular weight excluding hydrogens is 1420 g/mol. The highest BCUT2D eigenvalue weighted by atomic mass is 35.5. The third-order valence-electron chi connectivity index (χ3n) is 19.7. The Hall–Kier alpha value is -4.57. The predicted octanol–water partition coefficient (Wildman–Crippen LogP) is -4.44. The number of aliphatic hydroxyl groups excluding tert-OH is 16. The molecule has 5 heterocycles. The van der Waals surface area contributed by atoms with E-state index in [0.29, 0.717) is 22.8 Å². The van der Waals surface area contributed by atoms with Crippen LogP contribution >= 0.6 is 11.6 Å². The molecule has 0 bridgehead atoms. The third-order valence-corrected chi connectivity index (χ3v) is 19.9. The number of halogens is 1. The van der Waals surface area contributed by atoms with Crippen molar-refractivity contribution in [3.63, 3.8) is 0 Å². The number of aromatic nitrogens is 3. The lowest BCUT2D eigenvalue weighted by molar-refractivity contribution is -0.391. The molecule has 0 radical (unpaired) electrons. The van der Waals surface area contributed by atoms with Gasteiger partial charge in [-0.15, -0.1) is 10.2 Å². The number of carbonyl (C=O) groups is 4. The fourth-order valence-corrected chi connectivity index (χ4v) is 13.7. The Morgan fingerprint density at radius 1 is 0.667 bits per heavy atom. The first-order valence-electron chi connectivity index (χ1n) is 36.0. The second kappa shape index (κ2) is 42.0. The molecule has 1 saturated carbocycles. The van der Waals surface area contributed by atoms with Crippen LogP contribution in [0.1, 0.15) is 136 Å². The first kappa shape index (κ1) is 87.7. The van der Waals surface area contributed by atoms with Crippen LogP contribution in [0.2, 0.25) is 5.02 Å². The van der Waals surface area contributed by atoms with Gasteiger partial charge in [0.1, 0.15) is 109 Å². The van der Waals surface area contributed by atoms with Gasteiger partial charge in [-0.05, 0) is 36.8 Å². The molecule has 36 nitrogen and oxygen atoms in total. The van der Waals surface area contributed by atoms with Crippen molar-refractivity contribution in [2.45, 2.75) is 294 Å². The van der Waals surface area contributed by atoms with Crippen LogP contribution in [0.25, 0.3) is 17.5 Å². The van der Waals surface area contributed by atoms with Gasteiger partial charge in [-0.2, -0.15) is 0 Å². The lowest BCUT2D eigenvalue weighted by Gasteiger charge is -2.52. The number of amides is 3. The number of hydrogen-bond donors (Lipinski definition) is 21. The van der Waals surface area contributed by atoms with Crippen molar-refractivity contribution in [1.29, 1.82) is 0 Å². The Kier molecular flexibility index (Phi) is 35.1. The van der Waals surface area contributed by atoms with E-state index in [1.165, 1.54) is 69.9 Å². The fourth-order valence-electron chi connectivity index (χ4n) is 13.6. The van der Waals surface area contributed by atoms with Gasteiger partial charge in [0.05, 0.1) is 63.9 Å². The van der Waals surface area contributed by atoms with Gasteiger partial charge < -0.3 is 150 Å². The molecular formula is C68H109ClN6O30. The number of ether oxygens (including phenoxy) is 9. The molecule has 1 aromatic carbocycles. The van der Waals surface area contributed by atoms with Crippen LogP contribution in [0.4, 0.5) is 0 Å². The van der Waals surface area contributed by atoms with Crippen LogP contribution < -0.4 is 16.0 Å². The number of unbranched alkanes of at least 4 members (excludes halogenated alkanes) is 14. The van der Waals surface area contributed by atoms with Gasteiger partial charge in [-0.25, -0.2) is 0 Å². The lowest BCUT2D eigenvalue weighted by atomic mass is 9.88. The van der Waals surface area contributed by atoms with E-state index in [2.05, 4.69) is 38.1 Å². The van der Waals surface area contributed by atoms with Crippen LogP contribution in [0.5, 0.6) is 0 Å². The van der Waals surface area contributed by atoms with Crippen molar-refractivity contribution in [3.05, 3.63) is 41.2 Å². The summed E-state index contributed by atoms with van der Waals surface area (Å²) in [5.41, 5.74) is -2.12. The number of aldehydes is 1. The van der Waals surface area contributed by atoms with Gasteiger partial charge in [-0.3, -0.25) is 19.2 Å². The van der Waals surface area contributed by atoms with E-state index in [-0.39, 0.29) is 18.5 Å². The molecule has 28 atom stereocenters. The molecule has 3 amide bonds. The van der Waals surface area contributed by atoms with E-state index < -0.39 is 234 Å². The minimum atomic E-state index is -2.97. The summed E-state index contributed by atoms with van der Waals surface area (Å²) in [5, 5.41) is 206. The summed E-state index contributed by atoms with van der Waals surface area (Å²) >= 11 is 6.06. The van der Waals surface area contributed by atoms with Gasteiger partial charge in [0.15, 0.2) is 43.1 Å². The molecule has 105 heavy (non-hydrogen) atoms. The van der Waals surface area contributed by atoms with Crippen molar-refractivity contribution in [3.8, 4) is 11.4 Å². The third kappa shape index (κ3) is 23.3.